The average Bonchev–Trinajstić information content (AvgIpc) is 3.16. The fourth-order valence-corrected chi connectivity index (χ4v) is 2.49. The van der Waals surface area contributed by atoms with E-state index >= 15 is 0 Å². The van der Waals surface area contributed by atoms with E-state index < -0.39 is 0 Å². The van der Waals surface area contributed by atoms with Crippen molar-refractivity contribution < 1.29 is 14.6 Å². The van der Waals surface area contributed by atoms with Crippen molar-refractivity contribution in [2.45, 2.75) is 19.3 Å². The number of nitrogens with one attached hydrogen (secondary N) is 1. The van der Waals surface area contributed by atoms with Crippen molar-refractivity contribution in [2.24, 2.45) is 5.41 Å². The van der Waals surface area contributed by atoms with Gasteiger partial charge >= 0.3 is 0 Å². The van der Waals surface area contributed by atoms with Crippen LogP contribution >= 0.6 is 11.6 Å². The maximum absolute atomic E-state index is 12.0. The normalized spacial score (nSPS) is 15.9. The molecule has 0 aliphatic heterocycles. The number of hydrogen-bond acceptors (Lipinski definition) is 3. The lowest BCUT2D eigenvalue weighted by Gasteiger charge is -2.15. The maximum atomic E-state index is 12.0. The summed E-state index contributed by atoms with van der Waals surface area (Å²) in [4.78, 5) is 12.0. The van der Waals surface area contributed by atoms with Crippen molar-refractivity contribution in [1.82, 2.24) is 5.32 Å². The van der Waals surface area contributed by atoms with Crippen molar-refractivity contribution in [3.63, 3.8) is 0 Å². The quantitative estimate of drug-likeness (QED) is 0.789. The summed E-state index contributed by atoms with van der Waals surface area (Å²) >= 11 is 5.75. The summed E-state index contributed by atoms with van der Waals surface area (Å²) in [6.07, 6.45) is 3.13. The molecule has 1 aromatic rings. The summed E-state index contributed by atoms with van der Waals surface area (Å²) in [5.74, 6) is 0.804. The first-order valence-electron chi connectivity index (χ1n) is 6.31. The van der Waals surface area contributed by atoms with Crippen molar-refractivity contribution in [3.8, 4) is 11.5 Å². The molecule has 0 bridgehead atoms. The summed E-state index contributed by atoms with van der Waals surface area (Å²) < 4.78 is 4.98. The van der Waals surface area contributed by atoms with Gasteiger partial charge in [-0.05, 0) is 36.8 Å². The van der Waals surface area contributed by atoms with E-state index in [1.165, 1.54) is 13.2 Å². The smallest absolute Gasteiger partial charge is 0.255 e. The van der Waals surface area contributed by atoms with Crippen LogP contribution in [0, 0.1) is 5.41 Å². The molecule has 1 saturated carbocycles. The molecule has 0 heterocycles. The fourth-order valence-electron chi connectivity index (χ4n) is 2.09. The molecule has 1 amide bonds. The van der Waals surface area contributed by atoms with Crippen molar-refractivity contribution in [1.29, 1.82) is 0 Å². The molecule has 0 saturated heterocycles. The minimum absolute atomic E-state index is 0.0703. The Morgan fingerprint density at radius 3 is 2.79 bits per heavy atom. The third-order valence-electron chi connectivity index (χ3n) is 3.66. The van der Waals surface area contributed by atoms with Crippen molar-refractivity contribution >= 4 is 17.5 Å². The molecule has 0 radical (unpaired) electrons. The van der Waals surface area contributed by atoms with Gasteiger partial charge in [-0.1, -0.05) is 0 Å². The van der Waals surface area contributed by atoms with Gasteiger partial charge in [0.1, 0.15) is 11.5 Å². The highest BCUT2D eigenvalue weighted by atomic mass is 35.5. The van der Waals surface area contributed by atoms with E-state index in [0.29, 0.717) is 18.2 Å². The van der Waals surface area contributed by atoms with Crippen LogP contribution in [-0.2, 0) is 0 Å². The first-order chi connectivity index (χ1) is 9.10. The summed E-state index contributed by atoms with van der Waals surface area (Å²) in [7, 11) is 1.51. The van der Waals surface area contributed by atoms with Crippen LogP contribution < -0.4 is 10.1 Å². The number of alkyl halides is 1. The highest BCUT2D eigenvalue weighted by molar-refractivity contribution is 6.17. The summed E-state index contributed by atoms with van der Waals surface area (Å²) in [5.41, 5.74) is 0.446. The second kappa shape index (κ2) is 5.70. The Balaban J connectivity index is 1.96. The average molecular weight is 284 g/mol. The molecule has 1 aliphatic rings. The molecule has 1 aliphatic carbocycles. The number of aromatic hydroxyl groups is 1. The van der Waals surface area contributed by atoms with Gasteiger partial charge in [0.25, 0.3) is 5.91 Å². The van der Waals surface area contributed by atoms with Gasteiger partial charge in [-0.3, -0.25) is 4.79 Å². The van der Waals surface area contributed by atoms with Gasteiger partial charge in [-0.25, -0.2) is 0 Å². The molecular formula is C14H18ClNO3. The second-order valence-corrected chi connectivity index (χ2v) is 5.38. The zero-order chi connectivity index (χ0) is 13.9. The van der Waals surface area contributed by atoms with E-state index in [9.17, 15) is 9.90 Å². The van der Waals surface area contributed by atoms with Gasteiger partial charge in [-0.15, -0.1) is 11.6 Å². The zero-order valence-electron chi connectivity index (χ0n) is 10.9. The van der Waals surface area contributed by atoms with Gasteiger partial charge in [0, 0.05) is 18.5 Å². The number of halogens is 1. The number of amides is 1. The lowest BCUT2D eigenvalue weighted by molar-refractivity contribution is 0.0941. The molecule has 5 heteroatoms. The number of methoxy groups -OCH3 is 1. The van der Waals surface area contributed by atoms with Gasteiger partial charge in [0.15, 0.2) is 0 Å². The van der Waals surface area contributed by atoms with Gasteiger partial charge in [0.2, 0.25) is 0 Å². The Labute approximate surface area is 117 Å². The Kier molecular flexibility index (Phi) is 4.20. The lowest BCUT2D eigenvalue weighted by atomic mass is 10.0. The number of rotatable bonds is 6. The van der Waals surface area contributed by atoms with Gasteiger partial charge in [0.05, 0.1) is 12.7 Å². The Hall–Kier alpha value is -1.42. The summed E-state index contributed by atoms with van der Waals surface area (Å²) in [5, 5.41) is 12.6. The lowest BCUT2D eigenvalue weighted by Crippen LogP contribution is -2.30. The Bertz CT molecular complexity index is 472. The van der Waals surface area contributed by atoms with Crippen LogP contribution in [0.3, 0.4) is 0 Å². The monoisotopic (exact) mass is 283 g/mol. The van der Waals surface area contributed by atoms with E-state index in [1.807, 2.05) is 0 Å². The van der Waals surface area contributed by atoms with Crippen LogP contribution in [0.2, 0.25) is 0 Å². The predicted molar refractivity (Wildman–Crippen MR) is 74.0 cm³/mol. The van der Waals surface area contributed by atoms with E-state index in [0.717, 1.165) is 19.3 Å². The molecule has 0 atom stereocenters. The van der Waals surface area contributed by atoms with E-state index in [1.54, 1.807) is 12.1 Å². The minimum Gasteiger partial charge on any atom is -0.507 e. The van der Waals surface area contributed by atoms with Gasteiger partial charge in [-0.2, -0.15) is 0 Å². The molecule has 1 fully saturated rings. The number of carbonyl (C=O) groups excluding carboxylic acids is 1. The number of hydrogen-bond donors (Lipinski definition) is 2. The van der Waals surface area contributed by atoms with Crippen molar-refractivity contribution in [3.05, 3.63) is 23.8 Å². The predicted octanol–water partition coefficient (Wildman–Crippen LogP) is 2.54. The highest BCUT2D eigenvalue weighted by Gasteiger charge is 2.41. The SMILES string of the molecule is COc1ccc(C(=O)NCC2(CCCl)CC2)c(O)c1. The number of ether oxygens (including phenoxy) is 1. The fraction of sp³-hybridized carbons (Fsp3) is 0.500. The van der Waals surface area contributed by atoms with E-state index in [-0.39, 0.29) is 22.6 Å². The minimum atomic E-state index is -0.263. The largest absolute Gasteiger partial charge is 0.507 e. The number of phenols is 1. The standard InChI is InChI=1S/C14H18ClNO3/c1-19-10-2-3-11(12(17)8-10)13(18)16-9-14(4-5-14)6-7-15/h2-3,8,17H,4-7,9H2,1H3,(H,16,18). The molecule has 0 spiro atoms. The van der Waals surface area contributed by atoms with Crippen LogP contribution in [0.25, 0.3) is 0 Å². The van der Waals surface area contributed by atoms with E-state index in [4.69, 9.17) is 16.3 Å². The molecule has 1 aromatic carbocycles. The molecule has 19 heavy (non-hydrogen) atoms. The van der Waals surface area contributed by atoms with Crippen molar-refractivity contribution in [2.75, 3.05) is 19.5 Å². The first kappa shape index (κ1) is 14.0. The molecule has 2 N–H and O–H groups in total. The second-order valence-electron chi connectivity index (χ2n) is 5.00. The van der Waals surface area contributed by atoms with Crippen LogP contribution in [0.1, 0.15) is 29.6 Å². The number of carbonyl (C=O) groups is 1. The van der Waals surface area contributed by atoms with Crippen LogP contribution in [0.15, 0.2) is 18.2 Å². The van der Waals surface area contributed by atoms with Gasteiger partial charge < -0.3 is 15.2 Å². The number of benzene rings is 1. The number of phenolic OH excluding ortho intramolecular Hbond substituents is 1. The summed E-state index contributed by atoms with van der Waals surface area (Å²) in [6, 6.07) is 4.64. The molecule has 104 valence electrons. The van der Waals surface area contributed by atoms with Crippen LogP contribution in [0.5, 0.6) is 11.5 Å². The molecule has 4 nitrogen and oxygen atoms in total. The molecule has 2 rings (SSSR count). The Morgan fingerprint density at radius 1 is 1.53 bits per heavy atom. The summed E-state index contributed by atoms with van der Waals surface area (Å²) in [6.45, 7) is 0.615. The zero-order valence-corrected chi connectivity index (χ0v) is 11.7. The van der Waals surface area contributed by atoms with E-state index in [2.05, 4.69) is 5.32 Å². The molecule has 0 aromatic heterocycles. The third-order valence-corrected chi connectivity index (χ3v) is 3.84. The highest BCUT2D eigenvalue weighted by Crippen LogP contribution is 2.48. The third kappa shape index (κ3) is 3.32. The topological polar surface area (TPSA) is 58.6 Å². The molecular weight excluding hydrogens is 266 g/mol. The van der Waals surface area contributed by atoms with Crippen LogP contribution in [-0.4, -0.2) is 30.5 Å². The molecule has 0 unspecified atom stereocenters. The Morgan fingerprint density at radius 2 is 2.26 bits per heavy atom. The first-order valence-corrected chi connectivity index (χ1v) is 6.85. The van der Waals surface area contributed by atoms with Crippen LogP contribution in [0.4, 0.5) is 0 Å². The maximum Gasteiger partial charge on any atom is 0.255 e.